The Morgan fingerprint density at radius 3 is 2.55 bits per heavy atom. The number of methoxy groups -OCH3 is 1. The summed E-state index contributed by atoms with van der Waals surface area (Å²) in [7, 11) is 1.65. The Morgan fingerprint density at radius 1 is 1.07 bits per heavy atom. The topological polar surface area (TPSA) is 59.9 Å². The predicted molar refractivity (Wildman–Crippen MR) is 117 cm³/mol. The lowest BCUT2D eigenvalue weighted by molar-refractivity contribution is -0.123. The summed E-state index contributed by atoms with van der Waals surface area (Å²) < 4.78 is 11.1. The molecular formula is C24H26N2O3. The van der Waals surface area contributed by atoms with Crippen molar-refractivity contribution in [2.24, 2.45) is 5.10 Å². The van der Waals surface area contributed by atoms with Crippen LogP contribution in [-0.4, -0.2) is 25.8 Å². The van der Waals surface area contributed by atoms with Crippen LogP contribution in [-0.2, 0) is 4.79 Å². The van der Waals surface area contributed by atoms with Gasteiger partial charge in [0.15, 0.2) is 6.61 Å². The second kappa shape index (κ2) is 9.24. The van der Waals surface area contributed by atoms with Crippen molar-refractivity contribution in [3.8, 4) is 11.5 Å². The summed E-state index contributed by atoms with van der Waals surface area (Å²) in [5.74, 6) is 1.54. The van der Waals surface area contributed by atoms with E-state index < -0.39 is 0 Å². The minimum absolute atomic E-state index is 0.0934. The monoisotopic (exact) mass is 390 g/mol. The molecule has 150 valence electrons. The number of hydrazone groups is 1. The molecule has 0 bridgehead atoms. The highest BCUT2D eigenvalue weighted by Crippen LogP contribution is 2.28. The van der Waals surface area contributed by atoms with Gasteiger partial charge in [-0.1, -0.05) is 50.2 Å². The molecule has 0 heterocycles. The molecule has 3 aromatic carbocycles. The van der Waals surface area contributed by atoms with Crippen molar-refractivity contribution in [1.82, 2.24) is 5.43 Å². The van der Waals surface area contributed by atoms with Gasteiger partial charge in [-0.05, 0) is 47.6 Å². The second-order valence-corrected chi connectivity index (χ2v) is 7.18. The van der Waals surface area contributed by atoms with Crippen LogP contribution < -0.4 is 14.9 Å². The maximum absolute atomic E-state index is 12.2. The normalized spacial score (nSPS) is 11.2. The highest BCUT2D eigenvalue weighted by atomic mass is 16.5. The van der Waals surface area contributed by atoms with Crippen LogP contribution in [0.5, 0.6) is 11.5 Å². The number of amides is 1. The first-order chi connectivity index (χ1) is 14.0. The van der Waals surface area contributed by atoms with Gasteiger partial charge >= 0.3 is 0 Å². The van der Waals surface area contributed by atoms with Crippen LogP contribution in [0.25, 0.3) is 10.8 Å². The van der Waals surface area contributed by atoms with Crippen LogP contribution in [0.2, 0.25) is 0 Å². The molecule has 0 radical (unpaired) electrons. The number of ether oxygens (including phenoxy) is 2. The molecule has 3 aromatic rings. The van der Waals surface area contributed by atoms with E-state index >= 15 is 0 Å². The number of rotatable bonds is 7. The van der Waals surface area contributed by atoms with Gasteiger partial charge in [-0.25, -0.2) is 5.43 Å². The first-order valence-electron chi connectivity index (χ1n) is 9.60. The van der Waals surface area contributed by atoms with Crippen molar-refractivity contribution in [2.45, 2.75) is 26.7 Å². The number of carbonyl (C=O) groups excluding carboxylic acids is 1. The number of nitrogens with zero attached hydrogens (tertiary/aromatic N) is 1. The Labute approximate surface area is 171 Å². The van der Waals surface area contributed by atoms with Crippen molar-refractivity contribution in [3.05, 3.63) is 71.3 Å². The van der Waals surface area contributed by atoms with Gasteiger partial charge in [0.2, 0.25) is 0 Å². The predicted octanol–water partition coefficient (Wildman–Crippen LogP) is 4.81. The van der Waals surface area contributed by atoms with E-state index in [0.29, 0.717) is 5.92 Å². The van der Waals surface area contributed by atoms with Crippen molar-refractivity contribution >= 4 is 22.9 Å². The van der Waals surface area contributed by atoms with Crippen molar-refractivity contribution in [1.29, 1.82) is 0 Å². The fourth-order valence-electron chi connectivity index (χ4n) is 3.18. The third-order valence-electron chi connectivity index (χ3n) is 4.68. The number of aryl methyl sites for hydroxylation is 1. The van der Waals surface area contributed by atoms with Gasteiger partial charge in [-0.2, -0.15) is 5.10 Å². The minimum atomic E-state index is -0.310. The first kappa shape index (κ1) is 20.4. The SMILES string of the molecule is COc1ccc(/C=N/NC(=O)COc2cc(C)ccc2C(C)C)c2ccccc12. The van der Waals surface area contributed by atoms with E-state index in [1.807, 2.05) is 61.5 Å². The van der Waals surface area contributed by atoms with Gasteiger partial charge in [-0.15, -0.1) is 0 Å². The molecule has 0 saturated heterocycles. The van der Waals surface area contributed by atoms with Gasteiger partial charge < -0.3 is 9.47 Å². The van der Waals surface area contributed by atoms with Crippen LogP contribution in [0.4, 0.5) is 0 Å². The lowest BCUT2D eigenvalue weighted by Gasteiger charge is -2.14. The lowest BCUT2D eigenvalue weighted by Crippen LogP contribution is -2.25. The Balaban J connectivity index is 1.66. The van der Waals surface area contributed by atoms with Crippen LogP contribution in [0.3, 0.4) is 0 Å². The van der Waals surface area contributed by atoms with Crippen LogP contribution in [0, 0.1) is 6.92 Å². The summed E-state index contributed by atoms with van der Waals surface area (Å²) in [6.45, 7) is 6.10. The fraction of sp³-hybridized carbons (Fsp3) is 0.250. The summed E-state index contributed by atoms with van der Waals surface area (Å²) in [6.07, 6.45) is 1.63. The highest BCUT2D eigenvalue weighted by Gasteiger charge is 2.10. The smallest absolute Gasteiger partial charge is 0.277 e. The Morgan fingerprint density at radius 2 is 1.83 bits per heavy atom. The number of carbonyl (C=O) groups is 1. The maximum atomic E-state index is 12.2. The zero-order valence-corrected chi connectivity index (χ0v) is 17.2. The molecule has 0 spiro atoms. The van der Waals surface area contributed by atoms with Crippen LogP contribution in [0.15, 0.2) is 59.7 Å². The molecule has 0 atom stereocenters. The molecule has 0 saturated carbocycles. The highest BCUT2D eigenvalue weighted by molar-refractivity contribution is 6.02. The zero-order valence-electron chi connectivity index (χ0n) is 17.2. The van der Waals surface area contributed by atoms with E-state index in [4.69, 9.17) is 9.47 Å². The van der Waals surface area contributed by atoms with Gasteiger partial charge in [-0.3, -0.25) is 4.79 Å². The largest absolute Gasteiger partial charge is 0.496 e. The molecule has 0 fully saturated rings. The average Bonchev–Trinajstić information content (AvgIpc) is 2.72. The molecule has 0 unspecified atom stereocenters. The number of fused-ring (bicyclic) bond motifs is 1. The molecule has 5 heteroatoms. The number of hydrogen-bond acceptors (Lipinski definition) is 4. The maximum Gasteiger partial charge on any atom is 0.277 e. The Bertz CT molecular complexity index is 1040. The molecule has 0 aromatic heterocycles. The standard InChI is InChI=1S/C24H26N2O3/c1-16(2)19-11-9-17(3)13-23(19)29-15-24(27)26-25-14-18-10-12-22(28-4)21-8-6-5-7-20(18)21/h5-14,16H,15H2,1-4H3,(H,26,27)/b25-14+. The van der Waals surface area contributed by atoms with Crippen molar-refractivity contribution < 1.29 is 14.3 Å². The number of nitrogens with one attached hydrogen (secondary N) is 1. The third kappa shape index (κ3) is 4.93. The number of benzene rings is 3. The van der Waals surface area contributed by atoms with Gasteiger partial charge in [0.1, 0.15) is 11.5 Å². The minimum Gasteiger partial charge on any atom is -0.496 e. The van der Waals surface area contributed by atoms with Crippen LogP contribution >= 0.6 is 0 Å². The summed E-state index contributed by atoms with van der Waals surface area (Å²) in [5.41, 5.74) is 5.60. The van der Waals surface area contributed by atoms with E-state index in [-0.39, 0.29) is 12.5 Å². The van der Waals surface area contributed by atoms with E-state index in [9.17, 15) is 4.79 Å². The third-order valence-corrected chi connectivity index (χ3v) is 4.68. The first-order valence-corrected chi connectivity index (χ1v) is 9.60. The van der Waals surface area contributed by atoms with Gasteiger partial charge in [0.25, 0.3) is 5.91 Å². The second-order valence-electron chi connectivity index (χ2n) is 7.18. The molecule has 3 rings (SSSR count). The molecule has 0 aliphatic carbocycles. The lowest BCUT2D eigenvalue weighted by atomic mass is 10.0. The summed E-state index contributed by atoms with van der Waals surface area (Å²) >= 11 is 0. The van der Waals surface area contributed by atoms with Gasteiger partial charge in [0.05, 0.1) is 13.3 Å². The Kier molecular flexibility index (Phi) is 6.50. The van der Waals surface area contributed by atoms with E-state index in [0.717, 1.165) is 39.0 Å². The fourth-order valence-corrected chi connectivity index (χ4v) is 3.18. The average molecular weight is 390 g/mol. The van der Waals surface area contributed by atoms with Crippen LogP contribution in [0.1, 0.15) is 36.5 Å². The van der Waals surface area contributed by atoms with E-state index in [1.54, 1.807) is 13.3 Å². The van der Waals surface area contributed by atoms with Crippen molar-refractivity contribution in [3.63, 3.8) is 0 Å². The Hall–Kier alpha value is -3.34. The molecular weight excluding hydrogens is 364 g/mol. The van der Waals surface area contributed by atoms with E-state index in [2.05, 4.69) is 24.4 Å². The molecule has 0 aliphatic rings. The summed E-state index contributed by atoms with van der Waals surface area (Å²) in [6, 6.07) is 17.7. The number of hydrogen-bond donors (Lipinski definition) is 1. The van der Waals surface area contributed by atoms with E-state index in [1.165, 1.54) is 0 Å². The molecule has 5 nitrogen and oxygen atoms in total. The van der Waals surface area contributed by atoms with Crippen molar-refractivity contribution in [2.75, 3.05) is 13.7 Å². The molecule has 1 amide bonds. The molecule has 29 heavy (non-hydrogen) atoms. The quantitative estimate of drug-likeness (QED) is 0.465. The molecule has 1 N–H and O–H groups in total. The zero-order chi connectivity index (χ0) is 20.8. The van der Waals surface area contributed by atoms with Gasteiger partial charge in [0, 0.05) is 10.9 Å². The molecule has 0 aliphatic heterocycles. The summed E-state index contributed by atoms with van der Waals surface area (Å²) in [4.78, 5) is 12.2. The summed E-state index contributed by atoms with van der Waals surface area (Å²) in [5, 5.41) is 6.09.